The predicted octanol–water partition coefficient (Wildman–Crippen LogP) is 3.54. The van der Waals surface area contributed by atoms with Crippen molar-refractivity contribution >= 4 is 11.6 Å². The molecule has 0 heterocycles. The van der Waals surface area contributed by atoms with Crippen LogP contribution in [0.5, 0.6) is 5.75 Å². The van der Waals surface area contributed by atoms with Crippen LogP contribution in [0.15, 0.2) is 54.6 Å². The summed E-state index contributed by atoms with van der Waals surface area (Å²) in [6, 6.07) is 14.5. The third-order valence-electron chi connectivity index (χ3n) is 2.35. The van der Waals surface area contributed by atoms with Crippen molar-refractivity contribution in [2.24, 2.45) is 0 Å². The average molecular weight is 263 g/mol. The zero-order valence-electron chi connectivity index (χ0n) is 9.85. The van der Waals surface area contributed by atoms with E-state index >= 15 is 0 Å². The Hall–Kier alpha value is -2.43. The number of anilines is 1. The molecule has 19 heavy (non-hydrogen) atoms. The quantitative estimate of drug-likeness (QED) is 0.916. The van der Waals surface area contributed by atoms with Crippen LogP contribution in [-0.2, 0) is 0 Å². The minimum atomic E-state index is -2.89. The summed E-state index contributed by atoms with van der Waals surface area (Å²) in [5.74, 6) is -0.310. The van der Waals surface area contributed by atoms with E-state index in [4.69, 9.17) is 0 Å². The summed E-state index contributed by atoms with van der Waals surface area (Å²) in [4.78, 5) is 11.8. The van der Waals surface area contributed by atoms with Crippen molar-refractivity contribution in [3.8, 4) is 5.75 Å². The monoisotopic (exact) mass is 263 g/mol. The van der Waals surface area contributed by atoms with Gasteiger partial charge in [0.1, 0.15) is 5.75 Å². The van der Waals surface area contributed by atoms with Crippen LogP contribution in [0.1, 0.15) is 10.4 Å². The Bertz CT molecular complexity index is 558. The summed E-state index contributed by atoms with van der Waals surface area (Å²) >= 11 is 0. The van der Waals surface area contributed by atoms with Gasteiger partial charge in [-0.15, -0.1) is 0 Å². The van der Waals surface area contributed by atoms with Gasteiger partial charge in [0.05, 0.1) is 0 Å². The van der Waals surface area contributed by atoms with Gasteiger partial charge in [0.2, 0.25) is 0 Å². The van der Waals surface area contributed by atoms with Crippen molar-refractivity contribution in [3.05, 3.63) is 60.2 Å². The fourth-order valence-electron chi connectivity index (χ4n) is 1.54. The smallest absolute Gasteiger partial charge is 0.387 e. The van der Waals surface area contributed by atoms with Gasteiger partial charge >= 0.3 is 6.61 Å². The molecule has 0 fully saturated rings. The minimum Gasteiger partial charge on any atom is -0.435 e. The first-order chi connectivity index (χ1) is 9.15. The molecular weight excluding hydrogens is 252 g/mol. The van der Waals surface area contributed by atoms with Crippen molar-refractivity contribution in [2.75, 3.05) is 5.32 Å². The van der Waals surface area contributed by atoms with Crippen LogP contribution in [-0.4, -0.2) is 12.5 Å². The fourth-order valence-corrected chi connectivity index (χ4v) is 1.54. The maximum atomic E-state index is 12.1. The molecule has 5 heteroatoms. The molecule has 0 unspecified atom stereocenters. The van der Waals surface area contributed by atoms with Gasteiger partial charge in [-0.3, -0.25) is 4.79 Å². The van der Waals surface area contributed by atoms with Crippen LogP contribution >= 0.6 is 0 Å². The number of hydrogen-bond acceptors (Lipinski definition) is 2. The topological polar surface area (TPSA) is 38.3 Å². The second-order valence-corrected chi connectivity index (χ2v) is 3.73. The molecule has 0 saturated carbocycles. The average Bonchev–Trinajstić information content (AvgIpc) is 2.39. The Morgan fingerprint density at radius 3 is 2.47 bits per heavy atom. The number of ether oxygens (including phenoxy) is 1. The highest BCUT2D eigenvalue weighted by Crippen LogP contribution is 2.19. The molecular formula is C14H11F2NO2. The van der Waals surface area contributed by atoms with Crippen LogP contribution in [0.3, 0.4) is 0 Å². The number of carbonyl (C=O) groups excluding carboxylic acids is 1. The molecule has 2 aromatic rings. The highest BCUT2D eigenvalue weighted by molar-refractivity contribution is 6.04. The van der Waals surface area contributed by atoms with E-state index in [9.17, 15) is 13.6 Å². The fraction of sp³-hybridized carbons (Fsp3) is 0.0714. The second kappa shape index (κ2) is 5.95. The van der Waals surface area contributed by atoms with Crippen molar-refractivity contribution < 1.29 is 18.3 Å². The van der Waals surface area contributed by atoms with E-state index in [0.29, 0.717) is 11.3 Å². The highest BCUT2D eigenvalue weighted by atomic mass is 19.3. The summed E-state index contributed by atoms with van der Waals surface area (Å²) in [5, 5.41) is 2.61. The number of alkyl halides is 2. The zero-order chi connectivity index (χ0) is 13.7. The molecule has 0 aliphatic rings. The lowest BCUT2D eigenvalue weighted by Gasteiger charge is -2.08. The molecule has 0 radical (unpaired) electrons. The van der Waals surface area contributed by atoms with E-state index in [1.165, 1.54) is 18.2 Å². The molecule has 2 rings (SSSR count). The first kappa shape index (κ1) is 13.0. The third kappa shape index (κ3) is 3.77. The minimum absolute atomic E-state index is 0.000798. The molecule has 0 aliphatic heterocycles. The van der Waals surface area contributed by atoms with Crippen molar-refractivity contribution in [1.29, 1.82) is 0 Å². The summed E-state index contributed by atoms with van der Waals surface area (Å²) in [7, 11) is 0. The lowest BCUT2D eigenvalue weighted by molar-refractivity contribution is -0.0497. The number of rotatable bonds is 4. The predicted molar refractivity (Wildman–Crippen MR) is 67.5 cm³/mol. The first-order valence-corrected chi connectivity index (χ1v) is 5.56. The van der Waals surface area contributed by atoms with Gasteiger partial charge in [-0.2, -0.15) is 8.78 Å². The SMILES string of the molecule is O=C(Nc1cccc(OC(F)F)c1)c1ccccc1. The number of carbonyl (C=O) groups is 1. The largest absolute Gasteiger partial charge is 0.435 e. The molecule has 2 aromatic carbocycles. The Morgan fingerprint density at radius 1 is 1.05 bits per heavy atom. The summed E-state index contributed by atoms with van der Waals surface area (Å²) < 4.78 is 28.4. The highest BCUT2D eigenvalue weighted by Gasteiger charge is 2.07. The van der Waals surface area contributed by atoms with E-state index < -0.39 is 6.61 Å². The number of amides is 1. The van der Waals surface area contributed by atoms with E-state index in [0.717, 1.165) is 0 Å². The van der Waals surface area contributed by atoms with Gasteiger partial charge in [0, 0.05) is 17.3 Å². The van der Waals surface area contributed by atoms with E-state index in [2.05, 4.69) is 10.1 Å². The van der Waals surface area contributed by atoms with Crippen molar-refractivity contribution in [1.82, 2.24) is 0 Å². The molecule has 0 aromatic heterocycles. The van der Waals surface area contributed by atoms with Gasteiger partial charge in [-0.05, 0) is 24.3 Å². The number of halogens is 2. The Morgan fingerprint density at radius 2 is 1.79 bits per heavy atom. The van der Waals surface area contributed by atoms with Gasteiger partial charge in [0.25, 0.3) is 5.91 Å². The summed E-state index contributed by atoms with van der Waals surface area (Å²) in [6.07, 6.45) is 0. The summed E-state index contributed by atoms with van der Waals surface area (Å²) in [6.45, 7) is -2.89. The third-order valence-corrected chi connectivity index (χ3v) is 2.35. The van der Waals surface area contributed by atoms with Crippen LogP contribution in [0.2, 0.25) is 0 Å². The van der Waals surface area contributed by atoms with Gasteiger partial charge in [-0.25, -0.2) is 0 Å². The normalized spacial score (nSPS) is 10.3. The molecule has 0 aliphatic carbocycles. The molecule has 98 valence electrons. The number of hydrogen-bond donors (Lipinski definition) is 1. The molecule has 1 N–H and O–H groups in total. The molecule has 0 atom stereocenters. The molecule has 0 saturated heterocycles. The van der Waals surface area contributed by atoms with Crippen molar-refractivity contribution in [3.63, 3.8) is 0 Å². The number of benzene rings is 2. The molecule has 3 nitrogen and oxygen atoms in total. The Kier molecular flexibility index (Phi) is 4.07. The Labute approximate surface area is 108 Å². The number of nitrogens with one attached hydrogen (secondary N) is 1. The standard InChI is InChI=1S/C14H11F2NO2/c15-14(16)19-12-8-4-7-11(9-12)17-13(18)10-5-2-1-3-6-10/h1-9,14H,(H,17,18). The van der Waals surface area contributed by atoms with Crippen LogP contribution in [0, 0.1) is 0 Å². The zero-order valence-corrected chi connectivity index (χ0v) is 9.85. The maximum absolute atomic E-state index is 12.1. The molecule has 0 spiro atoms. The van der Waals surface area contributed by atoms with Gasteiger partial charge < -0.3 is 10.1 Å². The lowest BCUT2D eigenvalue weighted by atomic mass is 10.2. The van der Waals surface area contributed by atoms with Crippen molar-refractivity contribution in [2.45, 2.75) is 6.61 Å². The summed E-state index contributed by atoms with van der Waals surface area (Å²) in [5.41, 5.74) is 0.884. The van der Waals surface area contributed by atoms with E-state index in [1.807, 2.05) is 0 Å². The Balaban J connectivity index is 2.09. The van der Waals surface area contributed by atoms with E-state index in [1.54, 1.807) is 36.4 Å². The maximum Gasteiger partial charge on any atom is 0.387 e. The second-order valence-electron chi connectivity index (χ2n) is 3.73. The van der Waals surface area contributed by atoms with Crippen LogP contribution in [0.25, 0.3) is 0 Å². The lowest BCUT2D eigenvalue weighted by Crippen LogP contribution is -2.11. The van der Waals surface area contributed by atoms with Gasteiger partial charge in [0.15, 0.2) is 0 Å². The van der Waals surface area contributed by atoms with E-state index in [-0.39, 0.29) is 11.7 Å². The van der Waals surface area contributed by atoms with Crippen LogP contribution in [0.4, 0.5) is 14.5 Å². The van der Waals surface area contributed by atoms with Crippen LogP contribution < -0.4 is 10.1 Å². The molecule has 1 amide bonds. The van der Waals surface area contributed by atoms with Gasteiger partial charge in [-0.1, -0.05) is 24.3 Å². The molecule has 0 bridgehead atoms. The first-order valence-electron chi connectivity index (χ1n) is 5.56.